The standard InChI is InChI=1S/C14H15N3S/c1-17-7-6-11(10-17)8-15-9-14-16-12-4-2-3-5-13(12)18-14/h2-7,10,15H,8-9H2,1H3. The Hall–Kier alpha value is -1.65. The maximum atomic E-state index is 4.60. The van der Waals surface area contributed by atoms with E-state index in [0.717, 1.165) is 23.6 Å². The zero-order valence-electron chi connectivity index (χ0n) is 10.3. The predicted molar refractivity (Wildman–Crippen MR) is 75.6 cm³/mol. The van der Waals surface area contributed by atoms with Gasteiger partial charge in [-0.05, 0) is 23.8 Å². The topological polar surface area (TPSA) is 29.9 Å². The van der Waals surface area contributed by atoms with Gasteiger partial charge < -0.3 is 9.88 Å². The lowest BCUT2D eigenvalue weighted by Gasteiger charge is -1.99. The lowest BCUT2D eigenvalue weighted by Crippen LogP contribution is -2.11. The van der Waals surface area contributed by atoms with Gasteiger partial charge in [0.1, 0.15) is 5.01 Å². The summed E-state index contributed by atoms with van der Waals surface area (Å²) in [4.78, 5) is 4.60. The van der Waals surface area contributed by atoms with Crippen LogP contribution in [0.15, 0.2) is 42.7 Å². The quantitative estimate of drug-likeness (QED) is 0.779. The number of benzene rings is 1. The molecule has 0 spiro atoms. The molecule has 0 saturated heterocycles. The number of hydrogen-bond acceptors (Lipinski definition) is 3. The van der Waals surface area contributed by atoms with E-state index < -0.39 is 0 Å². The van der Waals surface area contributed by atoms with Crippen LogP contribution in [0.4, 0.5) is 0 Å². The van der Waals surface area contributed by atoms with Crippen LogP contribution >= 0.6 is 11.3 Å². The number of nitrogens with one attached hydrogen (secondary N) is 1. The molecule has 0 atom stereocenters. The van der Waals surface area contributed by atoms with Crippen molar-refractivity contribution in [1.29, 1.82) is 0 Å². The van der Waals surface area contributed by atoms with Crippen LogP contribution in [-0.4, -0.2) is 9.55 Å². The second-order valence-corrected chi connectivity index (χ2v) is 5.48. The Labute approximate surface area is 110 Å². The number of para-hydroxylation sites is 1. The van der Waals surface area contributed by atoms with E-state index in [1.807, 2.05) is 13.1 Å². The van der Waals surface area contributed by atoms with E-state index in [0.29, 0.717) is 0 Å². The van der Waals surface area contributed by atoms with Crippen molar-refractivity contribution in [2.75, 3.05) is 0 Å². The summed E-state index contributed by atoms with van der Waals surface area (Å²) in [6, 6.07) is 10.4. The van der Waals surface area contributed by atoms with Crippen molar-refractivity contribution in [2.45, 2.75) is 13.1 Å². The minimum absolute atomic E-state index is 0.828. The summed E-state index contributed by atoms with van der Waals surface area (Å²) in [7, 11) is 2.04. The van der Waals surface area contributed by atoms with E-state index in [1.54, 1.807) is 11.3 Å². The minimum atomic E-state index is 0.828. The van der Waals surface area contributed by atoms with E-state index in [2.05, 4.69) is 51.5 Å². The van der Waals surface area contributed by atoms with Gasteiger partial charge in [-0.1, -0.05) is 12.1 Å². The third-order valence-corrected chi connectivity index (χ3v) is 3.87. The van der Waals surface area contributed by atoms with Crippen LogP contribution in [0.5, 0.6) is 0 Å². The van der Waals surface area contributed by atoms with Gasteiger partial charge in [-0.25, -0.2) is 4.98 Å². The molecular weight excluding hydrogens is 242 g/mol. The molecule has 0 bridgehead atoms. The Kier molecular flexibility index (Phi) is 3.13. The third kappa shape index (κ3) is 2.44. The Balaban J connectivity index is 1.62. The fourth-order valence-electron chi connectivity index (χ4n) is 1.97. The highest BCUT2D eigenvalue weighted by Gasteiger charge is 2.02. The van der Waals surface area contributed by atoms with E-state index >= 15 is 0 Å². The van der Waals surface area contributed by atoms with Crippen LogP contribution in [0.25, 0.3) is 10.2 Å². The molecule has 0 aliphatic carbocycles. The first-order chi connectivity index (χ1) is 8.81. The normalized spacial score (nSPS) is 11.2. The van der Waals surface area contributed by atoms with Crippen LogP contribution in [0.3, 0.4) is 0 Å². The first-order valence-corrected chi connectivity index (χ1v) is 6.79. The van der Waals surface area contributed by atoms with Gasteiger partial charge in [0, 0.05) is 32.5 Å². The second-order valence-electron chi connectivity index (χ2n) is 4.36. The average molecular weight is 257 g/mol. The molecule has 2 heterocycles. The highest BCUT2D eigenvalue weighted by atomic mass is 32.1. The van der Waals surface area contributed by atoms with Gasteiger partial charge in [-0.2, -0.15) is 0 Å². The van der Waals surface area contributed by atoms with Gasteiger partial charge in [0.15, 0.2) is 0 Å². The number of nitrogens with zero attached hydrogens (tertiary/aromatic N) is 2. The molecule has 0 aliphatic rings. The summed E-state index contributed by atoms with van der Waals surface area (Å²) in [6.07, 6.45) is 4.19. The first kappa shape index (κ1) is 11.4. The smallest absolute Gasteiger partial charge is 0.108 e. The van der Waals surface area contributed by atoms with Crippen molar-refractivity contribution in [3.63, 3.8) is 0 Å². The number of hydrogen-bond donors (Lipinski definition) is 1. The summed E-state index contributed by atoms with van der Waals surface area (Å²) in [6.45, 7) is 1.71. The summed E-state index contributed by atoms with van der Waals surface area (Å²) in [5.74, 6) is 0. The van der Waals surface area contributed by atoms with Crippen LogP contribution in [0.1, 0.15) is 10.6 Å². The van der Waals surface area contributed by atoms with E-state index in [4.69, 9.17) is 0 Å². The van der Waals surface area contributed by atoms with Crippen molar-refractivity contribution in [2.24, 2.45) is 7.05 Å². The second kappa shape index (κ2) is 4.92. The Morgan fingerprint density at radius 3 is 2.89 bits per heavy atom. The van der Waals surface area contributed by atoms with Crippen molar-refractivity contribution < 1.29 is 0 Å². The number of fused-ring (bicyclic) bond motifs is 1. The van der Waals surface area contributed by atoms with Gasteiger partial charge in [0.05, 0.1) is 10.2 Å². The van der Waals surface area contributed by atoms with Gasteiger partial charge in [0.2, 0.25) is 0 Å². The molecule has 92 valence electrons. The third-order valence-electron chi connectivity index (χ3n) is 2.84. The molecule has 0 amide bonds. The van der Waals surface area contributed by atoms with Crippen LogP contribution in [0, 0.1) is 0 Å². The van der Waals surface area contributed by atoms with Crippen LogP contribution in [0.2, 0.25) is 0 Å². The Morgan fingerprint density at radius 2 is 2.11 bits per heavy atom. The monoisotopic (exact) mass is 257 g/mol. The molecule has 3 aromatic rings. The molecule has 0 fully saturated rings. The highest BCUT2D eigenvalue weighted by Crippen LogP contribution is 2.21. The molecule has 0 radical (unpaired) electrons. The molecule has 1 aromatic carbocycles. The molecular formula is C14H15N3S. The average Bonchev–Trinajstić information content (AvgIpc) is 2.95. The molecule has 0 saturated carbocycles. The molecule has 18 heavy (non-hydrogen) atoms. The van der Waals surface area contributed by atoms with E-state index in [9.17, 15) is 0 Å². The Morgan fingerprint density at radius 1 is 1.22 bits per heavy atom. The zero-order chi connectivity index (χ0) is 12.4. The van der Waals surface area contributed by atoms with E-state index in [-0.39, 0.29) is 0 Å². The predicted octanol–water partition coefficient (Wildman–Crippen LogP) is 2.92. The maximum absolute atomic E-state index is 4.60. The number of thiazole rings is 1. The minimum Gasteiger partial charge on any atom is -0.357 e. The highest BCUT2D eigenvalue weighted by molar-refractivity contribution is 7.18. The van der Waals surface area contributed by atoms with Gasteiger partial charge in [-0.15, -0.1) is 11.3 Å². The Bertz CT molecular complexity index is 621. The summed E-state index contributed by atoms with van der Waals surface area (Å²) < 4.78 is 3.32. The number of aryl methyl sites for hydroxylation is 1. The lowest BCUT2D eigenvalue weighted by molar-refractivity contribution is 0.690. The molecule has 3 nitrogen and oxygen atoms in total. The fourth-order valence-corrected chi connectivity index (χ4v) is 2.91. The van der Waals surface area contributed by atoms with E-state index in [1.165, 1.54) is 10.3 Å². The SMILES string of the molecule is Cn1ccc(CNCc2nc3ccccc3s2)c1. The summed E-state index contributed by atoms with van der Waals surface area (Å²) in [5.41, 5.74) is 2.40. The first-order valence-electron chi connectivity index (χ1n) is 5.97. The van der Waals surface area contributed by atoms with Gasteiger partial charge in [-0.3, -0.25) is 0 Å². The number of rotatable bonds is 4. The van der Waals surface area contributed by atoms with Gasteiger partial charge in [0.25, 0.3) is 0 Å². The zero-order valence-corrected chi connectivity index (χ0v) is 11.1. The molecule has 0 aliphatic heterocycles. The largest absolute Gasteiger partial charge is 0.357 e. The van der Waals surface area contributed by atoms with Crippen molar-refractivity contribution in [1.82, 2.24) is 14.9 Å². The summed E-state index contributed by atoms with van der Waals surface area (Å²) >= 11 is 1.76. The van der Waals surface area contributed by atoms with Crippen LogP contribution in [-0.2, 0) is 20.1 Å². The van der Waals surface area contributed by atoms with Gasteiger partial charge >= 0.3 is 0 Å². The molecule has 1 N–H and O–H groups in total. The number of aromatic nitrogens is 2. The molecule has 0 unspecified atom stereocenters. The molecule has 4 heteroatoms. The summed E-state index contributed by atoms with van der Waals surface area (Å²) in [5, 5.41) is 4.57. The molecule has 3 rings (SSSR count). The lowest BCUT2D eigenvalue weighted by atomic mass is 10.3. The van der Waals surface area contributed by atoms with Crippen molar-refractivity contribution >= 4 is 21.6 Å². The fraction of sp³-hybridized carbons (Fsp3) is 0.214. The maximum Gasteiger partial charge on any atom is 0.108 e. The van der Waals surface area contributed by atoms with Crippen molar-refractivity contribution in [3.05, 3.63) is 53.3 Å². The van der Waals surface area contributed by atoms with Crippen molar-refractivity contribution in [3.8, 4) is 0 Å². The molecule has 2 aromatic heterocycles. The van der Waals surface area contributed by atoms with Crippen LogP contribution < -0.4 is 5.32 Å².